The minimum Gasteiger partial charge on any atom is -0.377 e. The van der Waals surface area contributed by atoms with Crippen molar-refractivity contribution in [2.75, 3.05) is 30.0 Å². The van der Waals surface area contributed by atoms with Gasteiger partial charge >= 0.3 is 0 Å². The number of rotatable bonds is 4. The van der Waals surface area contributed by atoms with Gasteiger partial charge in [-0.3, -0.25) is 9.89 Å². The Bertz CT molecular complexity index is 1230. The number of aromatic nitrogens is 5. The van der Waals surface area contributed by atoms with Crippen LogP contribution >= 0.6 is 0 Å². The highest BCUT2D eigenvalue weighted by molar-refractivity contribution is 5.96. The van der Waals surface area contributed by atoms with Gasteiger partial charge in [-0.25, -0.2) is 4.98 Å². The lowest BCUT2D eigenvalue weighted by molar-refractivity contribution is -0.114. The third-order valence-corrected chi connectivity index (χ3v) is 5.40. The Morgan fingerprint density at radius 1 is 1.29 bits per heavy atom. The molecule has 4 heterocycles. The molecule has 1 atom stereocenters. The van der Waals surface area contributed by atoms with Gasteiger partial charge in [-0.05, 0) is 36.2 Å². The summed E-state index contributed by atoms with van der Waals surface area (Å²) < 4.78 is 7.38. The third kappa shape index (κ3) is 3.64. The number of hydrogen-bond acceptors (Lipinski definition) is 6. The molecule has 9 nitrogen and oxygen atoms in total. The second kappa shape index (κ2) is 7.84. The van der Waals surface area contributed by atoms with Crippen LogP contribution in [0.3, 0.4) is 0 Å². The van der Waals surface area contributed by atoms with E-state index < -0.39 is 0 Å². The van der Waals surface area contributed by atoms with Crippen LogP contribution < -0.4 is 10.2 Å². The van der Waals surface area contributed by atoms with E-state index >= 15 is 0 Å². The first-order valence-corrected chi connectivity index (χ1v) is 10.2. The maximum absolute atomic E-state index is 11.5. The number of pyridine rings is 1. The first-order valence-electron chi connectivity index (χ1n) is 10.2. The van der Waals surface area contributed by atoms with E-state index in [2.05, 4.69) is 38.5 Å². The van der Waals surface area contributed by atoms with Gasteiger partial charge in [0.05, 0.1) is 31.6 Å². The van der Waals surface area contributed by atoms with Crippen molar-refractivity contribution in [3.05, 3.63) is 48.8 Å². The fourth-order valence-corrected chi connectivity index (χ4v) is 3.95. The van der Waals surface area contributed by atoms with Crippen molar-refractivity contribution in [2.45, 2.75) is 19.9 Å². The monoisotopic (exact) mass is 417 g/mol. The SMILES string of the molecule is CC(=O)Nc1cccc(-c2cc(N3CCOC[C@H]3C)nc3c2cnn3-c2ccn[nH]2)c1. The normalized spacial score (nSPS) is 16.6. The first-order chi connectivity index (χ1) is 15.1. The third-order valence-electron chi connectivity index (χ3n) is 5.40. The zero-order valence-corrected chi connectivity index (χ0v) is 17.4. The summed E-state index contributed by atoms with van der Waals surface area (Å²) in [4.78, 5) is 18.8. The van der Waals surface area contributed by atoms with E-state index in [0.717, 1.165) is 46.0 Å². The quantitative estimate of drug-likeness (QED) is 0.529. The van der Waals surface area contributed by atoms with Crippen molar-refractivity contribution >= 4 is 28.4 Å². The Hall–Kier alpha value is -3.72. The number of aromatic amines is 1. The highest BCUT2D eigenvalue weighted by Crippen LogP contribution is 2.34. The minimum atomic E-state index is -0.105. The van der Waals surface area contributed by atoms with Crippen molar-refractivity contribution in [3.8, 4) is 16.9 Å². The predicted octanol–water partition coefficient (Wildman–Crippen LogP) is 2.99. The molecule has 0 unspecified atom stereocenters. The number of amides is 1. The molecule has 4 aromatic rings. The average molecular weight is 417 g/mol. The molecule has 3 aromatic heterocycles. The van der Waals surface area contributed by atoms with E-state index in [1.165, 1.54) is 6.92 Å². The Balaban J connectivity index is 1.70. The molecule has 31 heavy (non-hydrogen) atoms. The molecule has 1 saturated heterocycles. The van der Waals surface area contributed by atoms with Gasteiger partial charge in [-0.1, -0.05) is 12.1 Å². The van der Waals surface area contributed by atoms with Crippen LogP contribution in [0.2, 0.25) is 0 Å². The maximum atomic E-state index is 11.5. The molecule has 0 saturated carbocycles. The Kier molecular flexibility index (Phi) is 4.87. The van der Waals surface area contributed by atoms with E-state index in [4.69, 9.17) is 9.72 Å². The molecule has 0 bridgehead atoms. The molecule has 9 heteroatoms. The van der Waals surface area contributed by atoms with Gasteiger partial charge in [0.15, 0.2) is 11.5 Å². The molecular formula is C22H23N7O2. The molecule has 1 aromatic carbocycles. The zero-order valence-electron chi connectivity index (χ0n) is 17.4. The largest absolute Gasteiger partial charge is 0.377 e. The van der Waals surface area contributed by atoms with E-state index in [9.17, 15) is 4.79 Å². The molecule has 1 amide bonds. The minimum absolute atomic E-state index is 0.105. The smallest absolute Gasteiger partial charge is 0.221 e. The predicted molar refractivity (Wildman–Crippen MR) is 118 cm³/mol. The molecule has 5 rings (SSSR count). The molecule has 1 aliphatic heterocycles. The lowest BCUT2D eigenvalue weighted by Crippen LogP contribution is -2.44. The summed E-state index contributed by atoms with van der Waals surface area (Å²) >= 11 is 0. The van der Waals surface area contributed by atoms with Crippen molar-refractivity contribution in [1.82, 2.24) is 25.0 Å². The van der Waals surface area contributed by atoms with Crippen LogP contribution in [0.4, 0.5) is 11.5 Å². The van der Waals surface area contributed by atoms with Crippen LogP contribution in [0.1, 0.15) is 13.8 Å². The van der Waals surface area contributed by atoms with E-state index in [-0.39, 0.29) is 11.9 Å². The standard InChI is InChI=1S/C22H23N7O2/c1-14-13-31-9-8-28(14)21-11-18(16-4-3-5-17(10-16)25-15(2)30)19-12-24-29(22(19)26-21)20-6-7-23-27-20/h3-7,10-12,14H,8-9,13H2,1-2H3,(H,23,27)(H,25,30)/t14-/m1/s1. The summed E-state index contributed by atoms with van der Waals surface area (Å²) in [5.41, 5.74) is 3.46. The maximum Gasteiger partial charge on any atom is 0.221 e. The van der Waals surface area contributed by atoms with Crippen LogP contribution in [0.15, 0.2) is 48.8 Å². The number of anilines is 2. The molecule has 0 spiro atoms. The van der Waals surface area contributed by atoms with Gasteiger partial charge in [-0.15, -0.1) is 0 Å². The highest BCUT2D eigenvalue weighted by atomic mass is 16.5. The molecule has 0 radical (unpaired) electrons. The molecule has 158 valence electrons. The second-order valence-electron chi connectivity index (χ2n) is 7.64. The number of nitrogens with zero attached hydrogens (tertiary/aromatic N) is 5. The van der Waals surface area contributed by atoms with Crippen LogP contribution in [-0.4, -0.2) is 56.7 Å². The van der Waals surface area contributed by atoms with Gasteiger partial charge in [0.2, 0.25) is 5.91 Å². The van der Waals surface area contributed by atoms with Crippen LogP contribution in [0, 0.1) is 0 Å². The number of carbonyl (C=O) groups is 1. The lowest BCUT2D eigenvalue weighted by Gasteiger charge is -2.34. The van der Waals surface area contributed by atoms with E-state index in [1.807, 2.05) is 36.5 Å². The fourth-order valence-electron chi connectivity index (χ4n) is 3.95. The number of nitrogens with one attached hydrogen (secondary N) is 2. The number of hydrogen-bond donors (Lipinski definition) is 2. The second-order valence-corrected chi connectivity index (χ2v) is 7.64. The van der Waals surface area contributed by atoms with Crippen molar-refractivity contribution in [1.29, 1.82) is 0 Å². The van der Waals surface area contributed by atoms with Gasteiger partial charge in [0.25, 0.3) is 0 Å². The summed E-state index contributed by atoms with van der Waals surface area (Å²) in [6.45, 7) is 5.73. The number of H-pyrrole nitrogens is 1. The van der Waals surface area contributed by atoms with E-state index in [1.54, 1.807) is 10.9 Å². The molecule has 1 aliphatic rings. The number of morpholine rings is 1. The molecule has 1 fully saturated rings. The van der Waals surface area contributed by atoms with Crippen molar-refractivity contribution in [3.63, 3.8) is 0 Å². The number of benzene rings is 1. The average Bonchev–Trinajstić information content (AvgIpc) is 3.43. The van der Waals surface area contributed by atoms with Gasteiger partial charge in [0.1, 0.15) is 5.82 Å². The summed E-state index contributed by atoms with van der Waals surface area (Å²) in [5, 5.41) is 15.4. The number of ether oxygens (including phenoxy) is 1. The van der Waals surface area contributed by atoms with Gasteiger partial charge < -0.3 is 15.0 Å². The van der Waals surface area contributed by atoms with Crippen LogP contribution in [0.25, 0.3) is 28.0 Å². The topological polar surface area (TPSA) is 101 Å². The summed E-state index contributed by atoms with van der Waals surface area (Å²) in [7, 11) is 0. The highest BCUT2D eigenvalue weighted by Gasteiger charge is 2.23. The number of fused-ring (bicyclic) bond motifs is 1. The number of carbonyl (C=O) groups excluding carboxylic acids is 1. The van der Waals surface area contributed by atoms with E-state index in [0.29, 0.717) is 13.2 Å². The Morgan fingerprint density at radius 2 is 2.19 bits per heavy atom. The molecular weight excluding hydrogens is 394 g/mol. The van der Waals surface area contributed by atoms with Crippen LogP contribution in [0.5, 0.6) is 0 Å². The lowest BCUT2D eigenvalue weighted by atomic mass is 10.0. The van der Waals surface area contributed by atoms with Gasteiger partial charge in [0, 0.05) is 30.6 Å². The van der Waals surface area contributed by atoms with Crippen molar-refractivity contribution < 1.29 is 9.53 Å². The van der Waals surface area contributed by atoms with Gasteiger partial charge in [-0.2, -0.15) is 14.9 Å². The summed E-state index contributed by atoms with van der Waals surface area (Å²) in [6.07, 6.45) is 3.50. The van der Waals surface area contributed by atoms with Crippen molar-refractivity contribution in [2.24, 2.45) is 0 Å². The fraction of sp³-hybridized carbons (Fsp3) is 0.273. The van der Waals surface area contributed by atoms with Crippen LogP contribution in [-0.2, 0) is 9.53 Å². The molecule has 0 aliphatic carbocycles. The Labute approximate surface area is 179 Å². The zero-order chi connectivity index (χ0) is 21.4. The summed E-state index contributed by atoms with van der Waals surface area (Å²) in [6, 6.07) is 12.0. The molecule has 2 N–H and O–H groups in total. The Morgan fingerprint density at radius 3 is 2.97 bits per heavy atom. The summed E-state index contributed by atoms with van der Waals surface area (Å²) in [5.74, 6) is 1.50. The first kappa shape index (κ1) is 19.3.